The van der Waals surface area contributed by atoms with E-state index in [1.54, 1.807) is 42.3 Å². The number of hydrogen-bond donors (Lipinski definition) is 2. The zero-order valence-corrected chi connectivity index (χ0v) is 23.5. The molecule has 43 heavy (non-hydrogen) atoms. The first kappa shape index (κ1) is 28.0. The molecule has 0 spiro atoms. The van der Waals surface area contributed by atoms with Crippen molar-refractivity contribution in [3.05, 3.63) is 96.2 Å². The number of anilines is 1. The molecule has 3 aromatic carbocycles. The number of methoxy groups -OCH3 is 1. The van der Waals surface area contributed by atoms with Gasteiger partial charge in [0.05, 0.1) is 19.3 Å². The third kappa shape index (κ3) is 6.35. The predicted octanol–water partition coefficient (Wildman–Crippen LogP) is 3.76. The van der Waals surface area contributed by atoms with Gasteiger partial charge in [0.1, 0.15) is 29.7 Å². The fourth-order valence-electron chi connectivity index (χ4n) is 5.28. The van der Waals surface area contributed by atoms with Gasteiger partial charge in [0.2, 0.25) is 0 Å². The standard InChI is InChI=1S/C32H30FN5O5/c1-41-28-10-7-22-14-25(28)21-3-2-4-24(13-21)42-18-30(39)35-15-20-5-8-23(9-6-20)43-29-11-12-38(17-27(29)37-32(22)40)31-26(33)16-34-19-36-31/h2-10,13-14,16,19,27,29H,11-12,15,17-18H2,1H3,(H,35,39)(H,37,40)/t27-,29-/m1/s1. The number of carbonyl (C=O) groups excluding carboxylic acids is 2. The minimum Gasteiger partial charge on any atom is -0.496 e. The molecule has 1 saturated heterocycles. The Morgan fingerprint density at radius 2 is 1.88 bits per heavy atom. The van der Waals surface area contributed by atoms with Crippen molar-refractivity contribution in [3.8, 4) is 28.4 Å². The maximum absolute atomic E-state index is 14.6. The van der Waals surface area contributed by atoms with Crippen LogP contribution in [0.25, 0.3) is 11.1 Å². The van der Waals surface area contributed by atoms with Crippen LogP contribution in [0.1, 0.15) is 22.3 Å². The number of fused-ring (bicyclic) bond motifs is 7. The van der Waals surface area contributed by atoms with Crippen molar-refractivity contribution in [1.82, 2.24) is 20.6 Å². The van der Waals surface area contributed by atoms with Crippen molar-refractivity contribution in [1.29, 1.82) is 0 Å². The zero-order chi connectivity index (χ0) is 29.8. The number of rotatable bonds is 2. The number of aromatic nitrogens is 2. The fourth-order valence-corrected chi connectivity index (χ4v) is 5.28. The quantitative estimate of drug-likeness (QED) is 0.367. The van der Waals surface area contributed by atoms with Gasteiger partial charge in [-0.2, -0.15) is 0 Å². The maximum atomic E-state index is 14.6. The van der Waals surface area contributed by atoms with Gasteiger partial charge in [-0.1, -0.05) is 24.3 Å². The molecule has 2 N–H and O–H groups in total. The smallest absolute Gasteiger partial charge is 0.258 e. The molecular weight excluding hydrogens is 553 g/mol. The average molecular weight is 584 g/mol. The summed E-state index contributed by atoms with van der Waals surface area (Å²) in [7, 11) is 1.56. The number of halogens is 1. The van der Waals surface area contributed by atoms with E-state index in [0.29, 0.717) is 47.9 Å². The highest BCUT2D eigenvalue weighted by Crippen LogP contribution is 2.33. The molecule has 3 aliphatic heterocycles. The van der Waals surface area contributed by atoms with Crippen molar-refractivity contribution in [3.63, 3.8) is 0 Å². The normalized spacial score (nSPS) is 18.8. The first-order valence-electron chi connectivity index (χ1n) is 13.9. The minimum absolute atomic E-state index is 0.150. The van der Waals surface area contributed by atoms with Gasteiger partial charge in [0.25, 0.3) is 11.8 Å². The molecule has 220 valence electrons. The second kappa shape index (κ2) is 12.4. The number of hydrogen-bond acceptors (Lipinski definition) is 8. The summed E-state index contributed by atoms with van der Waals surface area (Å²) in [6.07, 6.45) is 2.54. The molecule has 0 unspecified atom stereocenters. The molecule has 11 heteroatoms. The average Bonchev–Trinajstić information content (AvgIpc) is 3.04. The zero-order valence-electron chi connectivity index (χ0n) is 23.5. The molecule has 6 bridgehead atoms. The highest BCUT2D eigenvalue weighted by Gasteiger charge is 2.34. The van der Waals surface area contributed by atoms with Crippen LogP contribution in [-0.4, -0.2) is 60.7 Å². The Hall–Kier alpha value is -5.19. The van der Waals surface area contributed by atoms with Gasteiger partial charge < -0.3 is 29.7 Å². The van der Waals surface area contributed by atoms with Crippen molar-refractivity contribution in [2.75, 3.05) is 31.7 Å². The second-order valence-corrected chi connectivity index (χ2v) is 10.3. The molecule has 1 aromatic heterocycles. The molecule has 3 aliphatic rings. The number of amides is 2. The van der Waals surface area contributed by atoms with Crippen molar-refractivity contribution in [2.24, 2.45) is 0 Å². The van der Waals surface area contributed by atoms with Crippen LogP contribution in [0, 0.1) is 5.82 Å². The molecule has 1 fully saturated rings. The summed E-state index contributed by atoms with van der Waals surface area (Å²) in [5.41, 5.74) is 2.73. The summed E-state index contributed by atoms with van der Waals surface area (Å²) < 4.78 is 32.3. The Labute approximate surface area is 247 Å². The number of benzene rings is 3. The van der Waals surface area contributed by atoms with E-state index in [0.717, 1.165) is 17.3 Å². The molecule has 10 nitrogen and oxygen atoms in total. The molecule has 2 atom stereocenters. The fraction of sp³-hybridized carbons (Fsp3) is 0.250. The van der Waals surface area contributed by atoms with Gasteiger partial charge in [-0.25, -0.2) is 14.4 Å². The summed E-state index contributed by atoms with van der Waals surface area (Å²) in [5, 5.41) is 5.99. The third-order valence-electron chi connectivity index (χ3n) is 7.49. The van der Waals surface area contributed by atoms with Gasteiger partial charge in [0.15, 0.2) is 18.2 Å². The first-order valence-corrected chi connectivity index (χ1v) is 13.9. The van der Waals surface area contributed by atoms with Crippen LogP contribution in [0.2, 0.25) is 0 Å². The van der Waals surface area contributed by atoms with Crippen molar-refractivity contribution in [2.45, 2.75) is 25.1 Å². The van der Waals surface area contributed by atoms with Crippen molar-refractivity contribution < 1.29 is 28.2 Å². The van der Waals surface area contributed by atoms with Gasteiger partial charge in [-0.3, -0.25) is 9.59 Å². The molecule has 4 aromatic rings. The highest BCUT2D eigenvalue weighted by molar-refractivity contribution is 5.96. The summed E-state index contributed by atoms with van der Waals surface area (Å²) in [5.74, 6) is 0.753. The third-order valence-corrected chi connectivity index (χ3v) is 7.49. The van der Waals surface area contributed by atoms with Gasteiger partial charge in [-0.05, 0) is 53.6 Å². The van der Waals surface area contributed by atoms with Crippen molar-refractivity contribution >= 4 is 17.6 Å². The largest absolute Gasteiger partial charge is 0.496 e. The van der Waals surface area contributed by atoms with E-state index in [-0.39, 0.29) is 30.8 Å². The van der Waals surface area contributed by atoms with Crippen LogP contribution in [-0.2, 0) is 11.3 Å². The molecule has 4 heterocycles. The molecule has 0 radical (unpaired) electrons. The SMILES string of the molecule is COc1ccc2cc1-c1cccc(c1)OCC(=O)NCc1ccc(cc1)O[C@@H]1CCN(c3ncncc3F)C[C@H]1NC2=O. The van der Waals surface area contributed by atoms with E-state index in [2.05, 4.69) is 20.6 Å². The molecule has 2 amide bonds. The van der Waals surface area contributed by atoms with Crippen LogP contribution in [0.15, 0.2) is 79.3 Å². The number of nitrogens with zero attached hydrogens (tertiary/aromatic N) is 3. The lowest BCUT2D eigenvalue weighted by Crippen LogP contribution is -2.57. The second-order valence-electron chi connectivity index (χ2n) is 10.3. The maximum Gasteiger partial charge on any atom is 0.258 e. The Balaban J connectivity index is 1.36. The van der Waals surface area contributed by atoms with E-state index >= 15 is 0 Å². The summed E-state index contributed by atoms with van der Waals surface area (Å²) in [6.45, 7) is 0.925. The molecule has 0 aliphatic carbocycles. The summed E-state index contributed by atoms with van der Waals surface area (Å²) >= 11 is 0. The van der Waals surface area contributed by atoms with E-state index in [4.69, 9.17) is 14.2 Å². The monoisotopic (exact) mass is 583 g/mol. The van der Waals surface area contributed by atoms with Crippen LogP contribution in [0.3, 0.4) is 0 Å². The Bertz CT molecular complexity index is 1630. The van der Waals surface area contributed by atoms with Gasteiger partial charge in [0, 0.05) is 37.2 Å². The summed E-state index contributed by atoms with van der Waals surface area (Å²) in [6, 6.07) is 19.3. The van der Waals surface area contributed by atoms with Gasteiger partial charge >= 0.3 is 0 Å². The van der Waals surface area contributed by atoms with E-state index in [1.807, 2.05) is 36.4 Å². The molecular formula is C32H30FN5O5. The Morgan fingerprint density at radius 1 is 1.02 bits per heavy atom. The van der Waals surface area contributed by atoms with E-state index < -0.39 is 18.0 Å². The highest BCUT2D eigenvalue weighted by atomic mass is 19.1. The van der Waals surface area contributed by atoms with E-state index in [9.17, 15) is 14.0 Å². The lowest BCUT2D eigenvalue weighted by atomic mass is 9.99. The first-order chi connectivity index (χ1) is 21.0. The lowest BCUT2D eigenvalue weighted by molar-refractivity contribution is -0.123. The number of carbonyl (C=O) groups is 2. The van der Waals surface area contributed by atoms with E-state index in [1.165, 1.54) is 6.33 Å². The predicted molar refractivity (Wildman–Crippen MR) is 157 cm³/mol. The van der Waals surface area contributed by atoms with Crippen LogP contribution in [0.5, 0.6) is 17.2 Å². The Morgan fingerprint density at radius 3 is 2.70 bits per heavy atom. The van der Waals surface area contributed by atoms with Gasteiger partial charge in [-0.15, -0.1) is 0 Å². The minimum atomic E-state index is -0.534. The van der Waals surface area contributed by atoms with Crippen LogP contribution in [0.4, 0.5) is 10.2 Å². The molecule has 7 rings (SSSR count). The van der Waals surface area contributed by atoms with Crippen LogP contribution >= 0.6 is 0 Å². The topological polar surface area (TPSA) is 115 Å². The number of nitrogens with one attached hydrogen (secondary N) is 2. The molecule has 0 saturated carbocycles. The number of piperidine rings is 1. The number of ether oxygens (including phenoxy) is 3. The lowest BCUT2D eigenvalue weighted by Gasteiger charge is -2.39. The van der Waals surface area contributed by atoms with Crippen LogP contribution < -0.4 is 29.7 Å². The summed E-state index contributed by atoms with van der Waals surface area (Å²) in [4.78, 5) is 35.9. The Kier molecular flexibility index (Phi) is 8.03.